The molecular weight excluding hydrogens is 445 g/mol. The Balaban J connectivity index is 1.45. The highest BCUT2D eigenvalue weighted by atomic mass is 31.2. The van der Waals surface area contributed by atoms with Gasteiger partial charge in [-0.25, -0.2) is 4.39 Å². The van der Waals surface area contributed by atoms with Crippen LogP contribution < -0.4 is 4.74 Å². The fraction of sp³-hybridized carbons (Fsp3) is 0.769. The van der Waals surface area contributed by atoms with Crippen molar-refractivity contribution in [2.75, 3.05) is 12.8 Å². The zero-order chi connectivity index (χ0) is 23.8. The van der Waals surface area contributed by atoms with Crippen LogP contribution in [0.4, 0.5) is 8.78 Å². The largest absolute Gasteiger partial charge is 0.490 e. The average Bonchev–Trinajstić information content (AvgIpc) is 2.80. The molecule has 2 N–H and O–H groups in total. The molecule has 0 aromatic heterocycles. The Bertz CT molecular complexity index is 781. The molecule has 3 rings (SSSR count). The number of ether oxygens (including phenoxy) is 1. The highest BCUT2D eigenvalue weighted by Crippen LogP contribution is 2.45. The number of halogens is 2. The van der Waals surface area contributed by atoms with Gasteiger partial charge in [0.15, 0.2) is 11.6 Å². The molecule has 33 heavy (non-hydrogen) atoms. The van der Waals surface area contributed by atoms with E-state index in [2.05, 4.69) is 6.92 Å². The van der Waals surface area contributed by atoms with Crippen molar-refractivity contribution in [3.8, 4) is 5.75 Å². The third-order valence-electron chi connectivity index (χ3n) is 7.91. The maximum absolute atomic E-state index is 14.8. The van der Waals surface area contributed by atoms with Gasteiger partial charge in [0, 0.05) is 0 Å². The van der Waals surface area contributed by atoms with Crippen molar-refractivity contribution in [1.29, 1.82) is 0 Å². The lowest BCUT2D eigenvalue weighted by molar-refractivity contribution is 0.155. The van der Waals surface area contributed by atoms with Gasteiger partial charge < -0.3 is 14.5 Å². The van der Waals surface area contributed by atoms with Crippen LogP contribution in [-0.4, -0.2) is 22.6 Å². The summed E-state index contributed by atoms with van der Waals surface area (Å²) >= 11 is 0. The summed E-state index contributed by atoms with van der Waals surface area (Å²) in [7, 11) is -4.11. The van der Waals surface area contributed by atoms with Gasteiger partial charge in [-0.2, -0.15) is 4.39 Å². The van der Waals surface area contributed by atoms with Crippen LogP contribution in [-0.2, 0) is 4.57 Å². The number of unbranched alkanes of at least 4 members (excludes halogenated alkanes) is 2. The minimum absolute atomic E-state index is 0.0461. The van der Waals surface area contributed by atoms with Crippen molar-refractivity contribution >= 4 is 7.60 Å². The van der Waals surface area contributed by atoms with Gasteiger partial charge in [0.05, 0.1) is 12.8 Å². The molecule has 2 saturated carbocycles. The van der Waals surface area contributed by atoms with Gasteiger partial charge in [0.25, 0.3) is 0 Å². The highest BCUT2D eigenvalue weighted by Gasteiger charge is 2.32. The molecule has 4 nitrogen and oxygen atoms in total. The minimum Gasteiger partial charge on any atom is -0.490 e. The molecule has 0 saturated heterocycles. The number of rotatable bonds is 11. The predicted molar refractivity (Wildman–Crippen MR) is 128 cm³/mol. The van der Waals surface area contributed by atoms with Gasteiger partial charge in [0.2, 0.25) is 5.82 Å². The van der Waals surface area contributed by atoms with Crippen LogP contribution >= 0.6 is 7.60 Å². The van der Waals surface area contributed by atoms with Crippen LogP contribution in [0.3, 0.4) is 0 Å². The second-order valence-corrected chi connectivity index (χ2v) is 12.0. The molecule has 0 atom stereocenters. The Morgan fingerprint density at radius 3 is 2.15 bits per heavy atom. The molecule has 7 heteroatoms. The molecule has 0 bridgehead atoms. The maximum Gasteiger partial charge on any atom is 0.325 e. The Kier molecular flexibility index (Phi) is 10.2. The third-order valence-corrected chi connectivity index (χ3v) is 8.81. The minimum atomic E-state index is -4.11. The van der Waals surface area contributed by atoms with E-state index < -0.39 is 19.2 Å². The molecular formula is C26H41F2O4P. The Labute approximate surface area is 197 Å². The topological polar surface area (TPSA) is 66.8 Å². The SMILES string of the molecule is CCCCCC1CCC(C2CCC(c3ccc(OCCCP(=O)(O)O)c(F)c3F)CC2)CC1. The van der Waals surface area contributed by atoms with E-state index in [1.807, 2.05) is 0 Å². The third kappa shape index (κ3) is 8.04. The van der Waals surface area contributed by atoms with Crippen molar-refractivity contribution in [1.82, 2.24) is 0 Å². The quantitative estimate of drug-likeness (QED) is 0.250. The van der Waals surface area contributed by atoms with Crippen molar-refractivity contribution in [2.24, 2.45) is 17.8 Å². The summed E-state index contributed by atoms with van der Waals surface area (Å²) in [6, 6.07) is 3.08. The van der Waals surface area contributed by atoms with Gasteiger partial charge >= 0.3 is 7.60 Å². The summed E-state index contributed by atoms with van der Waals surface area (Å²) in [5.74, 6) is 0.474. The second-order valence-electron chi connectivity index (χ2n) is 10.3. The van der Waals surface area contributed by atoms with E-state index in [9.17, 15) is 13.3 Å². The highest BCUT2D eigenvalue weighted by molar-refractivity contribution is 7.51. The van der Waals surface area contributed by atoms with Gasteiger partial charge in [-0.3, -0.25) is 4.57 Å². The Hall–Kier alpha value is -0.970. The van der Waals surface area contributed by atoms with E-state index in [1.54, 1.807) is 6.07 Å². The van der Waals surface area contributed by atoms with E-state index in [0.29, 0.717) is 5.56 Å². The molecule has 1 aromatic carbocycles. The maximum atomic E-state index is 14.8. The first-order chi connectivity index (χ1) is 15.8. The molecule has 0 spiro atoms. The van der Waals surface area contributed by atoms with E-state index in [4.69, 9.17) is 14.5 Å². The lowest BCUT2D eigenvalue weighted by Crippen LogP contribution is -2.25. The molecule has 0 heterocycles. The standard InChI is InChI=1S/C26H41F2O4P/c1-2-3-4-6-19-7-9-20(10-8-19)21-11-13-22(14-12-21)23-15-16-24(26(28)25(23)27)32-17-5-18-33(29,30)31/h15-16,19-22H,2-14,17-18H2,1H3,(H2,29,30,31). The van der Waals surface area contributed by atoms with Gasteiger partial charge in [-0.1, -0.05) is 51.5 Å². The summed E-state index contributed by atoms with van der Waals surface area (Å²) in [5, 5.41) is 0. The van der Waals surface area contributed by atoms with Gasteiger partial charge in [-0.15, -0.1) is 0 Å². The first kappa shape index (κ1) is 26.6. The Morgan fingerprint density at radius 1 is 0.909 bits per heavy atom. The van der Waals surface area contributed by atoms with Crippen LogP contribution in [0.1, 0.15) is 102 Å². The summed E-state index contributed by atoms with van der Waals surface area (Å²) in [4.78, 5) is 17.7. The summed E-state index contributed by atoms with van der Waals surface area (Å²) in [6.07, 6.45) is 14.5. The molecule has 0 radical (unpaired) electrons. The molecule has 188 valence electrons. The first-order valence-electron chi connectivity index (χ1n) is 12.9. The summed E-state index contributed by atoms with van der Waals surface area (Å²) < 4.78 is 45.4. The second kappa shape index (κ2) is 12.7. The molecule has 0 amide bonds. The fourth-order valence-electron chi connectivity index (χ4n) is 5.96. The molecule has 0 unspecified atom stereocenters. The predicted octanol–water partition coefficient (Wildman–Crippen LogP) is 7.57. The molecule has 0 aliphatic heterocycles. The van der Waals surface area contributed by atoms with Gasteiger partial charge in [-0.05, 0) is 80.2 Å². The normalized spacial score (nSPS) is 26.3. The Morgan fingerprint density at radius 2 is 1.55 bits per heavy atom. The average molecular weight is 487 g/mol. The summed E-state index contributed by atoms with van der Waals surface area (Å²) in [6.45, 7) is 2.20. The van der Waals surface area contributed by atoms with Crippen LogP contribution in [0.2, 0.25) is 0 Å². The van der Waals surface area contributed by atoms with Gasteiger partial charge in [0.1, 0.15) is 0 Å². The van der Waals surface area contributed by atoms with Crippen molar-refractivity contribution in [2.45, 2.75) is 96.3 Å². The fourth-order valence-corrected chi connectivity index (χ4v) is 6.50. The van der Waals surface area contributed by atoms with E-state index in [0.717, 1.165) is 43.4 Å². The monoisotopic (exact) mass is 486 g/mol. The van der Waals surface area contributed by atoms with Crippen LogP contribution in [0.5, 0.6) is 5.75 Å². The van der Waals surface area contributed by atoms with Crippen molar-refractivity contribution in [3.05, 3.63) is 29.3 Å². The van der Waals surface area contributed by atoms with Crippen LogP contribution in [0, 0.1) is 29.4 Å². The molecule has 2 aliphatic carbocycles. The van der Waals surface area contributed by atoms with E-state index in [-0.39, 0.29) is 30.9 Å². The summed E-state index contributed by atoms with van der Waals surface area (Å²) in [5.41, 5.74) is 0.438. The number of hydrogen-bond acceptors (Lipinski definition) is 2. The molecule has 2 aliphatic rings. The smallest absolute Gasteiger partial charge is 0.325 e. The van der Waals surface area contributed by atoms with Crippen molar-refractivity contribution < 1.29 is 27.9 Å². The molecule has 2 fully saturated rings. The molecule has 1 aromatic rings. The lowest BCUT2D eigenvalue weighted by Gasteiger charge is -2.38. The zero-order valence-electron chi connectivity index (χ0n) is 20.0. The van der Waals surface area contributed by atoms with Crippen LogP contribution in [0.25, 0.3) is 0 Å². The number of hydrogen-bond donors (Lipinski definition) is 2. The van der Waals surface area contributed by atoms with E-state index >= 15 is 0 Å². The zero-order valence-corrected chi connectivity index (χ0v) is 20.9. The first-order valence-corrected chi connectivity index (χ1v) is 14.7. The van der Waals surface area contributed by atoms with Crippen LogP contribution in [0.15, 0.2) is 12.1 Å². The lowest BCUT2D eigenvalue weighted by atomic mass is 9.68. The number of benzene rings is 1. The van der Waals surface area contributed by atoms with E-state index in [1.165, 1.54) is 57.4 Å². The van der Waals surface area contributed by atoms with Crippen molar-refractivity contribution in [3.63, 3.8) is 0 Å².